The molecule has 7 heteroatoms. The summed E-state index contributed by atoms with van der Waals surface area (Å²) in [6.45, 7) is 3.66. The molecule has 0 aromatic carbocycles. The zero-order chi connectivity index (χ0) is 16.0. The lowest BCUT2D eigenvalue weighted by Gasteiger charge is -2.23. The van der Waals surface area contributed by atoms with Crippen LogP contribution in [0.5, 0.6) is 0 Å². The number of hydrogen-bond donors (Lipinski definition) is 1. The van der Waals surface area contributed by atoms with Gasteiger partial charge in [-0.3, -0.25) is 4.79 Å². The van der Waals surface area contributed by atoms with E-state index in [2.05, 4.69) is 10.3 Å². The third kappa shape index (κ3) is 2.85. The largest absolute Gasteiger partial charge is 0.350 e. The Bertz CT molecular complexity index is 841. The summed E-state index contributed by atoms with van der Waals surface area (Å²) in [7, 11) is -3.04. The Morgan fingerprint density at radius 1 is 1.45 bits per heavy atom. The maximum absolute atomic E-state index is 12.3. The Labute approximate surface area is 129 Å². The standard InChI is InChI=1S/C15H19N3O3S/c1-11-12(18-7-4-3-5-13(18)16-11)9-14(19)17-15(2)6-8-22(20,21)10-15/h3-5,7H,6,8-10H2,1-2H3,(H,17,19). The number of fused-ring (bicyclic) bond motifs is 1. The van der Waals surface area contributed by atoms with Crippen molar-refractivity contribution in [1.82, 2.24) is 14.7 Å². The lowest BCUT2D eigenvalue weighted by Crippen LogP contribution is -2.47. The van der Waals surface area contributed by atoms with Crippen molar-refractivity contribution in [3.05, 3.63) is 35.8 Å². The van der Waals surface area contributed by atoms with Crippen LogP contribution in [-0.2, 0) is 21.1 Å². The van der Waals surface area contributed by atoms with Crippen LogP contribution >= 0.6 is 0 Å². The van der Waals surface area contributed by atoms with Gasteiger partial charge in [0.25, 0.3) is 0 Å². The number of aryl methyl sites for hydroxylation is 1. The predicted molar refractivity (Wildman–Crippen MR) is 83.5 cm³/mol. The van der Waals surface area contributed by atoms with Gasteiger partial charge in [-0.1, -0.05) is 6.07 Å². The van der Waals surface area contributed by atoms with E-state index in [9.17, 15) is 13.2 Å². The van der Waals surface area contributed by atoms with Gasteiger partial charge in [-0.05, 0) is 32.4 Å². The molecule has 6 nitrogen and oxygen atoms in total. The fraction of sp³-hybridized carbons (Fsp3) is 0.467. The molecular formula is C15H19N3O3S. The van der Waals surface area contributed by atoms with Crippen LogP contribution in [0.25, 0.3) is 5.65 Å². The number of nitrogens with zero attached hydrogens (tertiary/aromatic N) is 2. The summed E-state index contributed by atoms with van der Waals surface area (Å²) in [6, 6.07) is 5.68. The minimum atomic E-state index is -3.04. The van der Waals surface area contributed by atoms with Gasteiger partial charge >= 0.3 is 0 Å². The second-order valence-corrected chi connectivity index (χ2v) is 8.38. The Hall–Kier alpha value is -1.89. The summed E-state index contributed by atoms with van der Waals surface area (Å²) in [6.07, 6.45) is 2.53. The second-order valence-electron chi connectivity index (χ2n) is 6.20. The molecule has 0 bridgehead atoms. The van der Waals surface area contributed by atoms with Crippen molar-refractivity contribution in [1.29, 1.82) is 0 Å². The van der Waals surface area contributed by atoms with Crippen molar-refractivity contribution in [2.45, 2.75) is 32.2 Å². The second kappa shape index (κ2) is 5.08. The number of rotatable bonds is 3. The number of imidazole rings is 1. The number of aromatic nitrogens is 2. The minimum Gasteiger partial charge on any atom is -0.350 e. The van der Waals surface area contributed by atoms with Gasteiger partial charge in [0.2, 0.25) is 5.91 Å². The molecule has 1 saturated heterocycles. The molecule has 1 fully saturated rings. The van der Waals surface area contributed by atoms with E-state index >= 15 is 0 Å². The van der Waals surface area contributed by atoms with E-state index in [-0.39, 0.29) is 23.8 Å². The summed E-state index contributed by atoms with van der Waals surface area (Å²) in [5.74, 6) is -0.0237. The van der Waals surface area contributed by atoms with Gasteiger partial charge in [0.05, 0.1) is 34.9 Å². The highest BCUT2D eigenvalue weighted by molar-refractivity contribution is 7.91. The molecular weight excluding hydrogens is 302 g/mol. The lowest BCUT2D eigenvalue weighted by molar-refractivity contribution is -0.122. The van der Waals surface area contributed by atoms with Gasteiger partial charge < -0.3 is 9.72 Å². The highest BCUT2D eigenvalue weighted by Crippen LogP contribution is 2.23. The number of amides is 1. The molecule has 1 aliphatic rings. The van der Waals surface area contributed by atoms with Crippen molar-refractivity contribution in [3.63, 3.8) is 0 Å². The van der Waals surface area contributed by atoms with Crippen molar-refractivity contribution >= 4 is 21.4 Å². The number of sulfone groups is 1. The Morgan fingerprint density at radius 3 is 2.91 bits per heavy atom. The molecule has 3 heterocycles. The topological polar surface area (TPSA) is 80.5 Å². The molecule has 1 N–H and O–H groups in total. The summed E-state index contributed by atoms with van der Waals surface area (Å²) in [5.41, 5.74) is 1.78. The first-order valence-electron chi connectivity index (χ1n) is 7.22. The van der Waals surface area contributed by atoms with Crippen LogP contribution in [-0.4, -0.2) is 40.8 Å². The molecule has 3 rings (SSSR count). The SMILES string of the molecule is Cc1nc2ccccn2c1CC(=O)NC1(C)CCS(=O)(=O)C1. The van der Waals surface area contributed by atoms with E-state index in [1.54, 1.807) is 6.92 Å². The van der Waals surface area contributed by atoms with Crippen molar-refractivity contribution in [2.24, 2.45) is 0 Å². The van der Waals surface area contributed by atoms with E-state index < -0.39 is 15.4 Å². The van der Waals surface area contributed by atoms with Gasteiger partial charge in [-0.25, -0.2) is 13.4 Å². The van der Waals surface area contributed by atoms with Gasteiger partial charge in [-0.2, -0.15) is 0 Å². The average molecular weight is 321 g/mol. The molecule has 0 spiro atoms. The van der Waals surface area contributed by atoms with Crippen LogP contribution < -0.4 is 5.32 Å². The fourth-order valence-corrected chi connectivity index (χ4v) is 5.11. The summed E-state index contributed by atoms with van der Waals surface area (Å²) in [5, 5.41) is 2.88. The first kappa shape index (κ1) is 15.0. The zero-order valence-electron chi connectivity index (χ0n) is 12.7. The highest BCUT2D eigenvalue weighted by Gasteiger charge is 2.39. The molecule has 1 atom stereocenters. The molecule has 2 aromatic rings. The van der Waals surface area contributed by atoms with Crippen LogP contribution in [0, 0.1) is 6.92 Å². The molecule has 2 aromatic heterocycles. The number of pyridine rings is 1. The molecule has 0 radical (unpaired) electrons. The monoisotopic (exact) mass is 321 g/mol. The zero-order valence-corrected chi connectivity index (χ0v) is 13.5. The average Bonchev–Trinajstić information content (AvgIpc) is 2.87. The number of nitrogens with one attached hydrogen (secondary N) is 1. The maximum atomic E-state index is 12.3. The molecule has 118 valence electrons. The van der Waals surface area contributed by atoms with E-state index in [1.807, 2.05) is 35.7 Å². The van der Waals surface area contributed by atoms with Gasteiger partial charge in [0, 0.05) is 6.20 Å². The molecule has 22 heavy (non-hydrogen) atoms. The molecule has 0 aliphatic carbocycles. The van der Waals surface area contributed by atoms with Crippen LogP contribution in [0.15, 0.2) is 24.4 Å². The Kier molecular flexibility index (Phi) is 3.47. The third-order valence-corrected chi connectivity index (χ3v) is 6.00. The number of carbonyl (C=O) groups excluding carboxylic acids is 1. The smallest absolute Gasteiger partial charge is 0.226 e. The van der Waals surface area contributed by atoms with E-state index in [0.717, 1.165) is 17.0 Å². The molecule has 1 amide bonds. The van der Waals surface area contributed by atoms with Gasteiger partial charge in [-0.15, -0.1) is 0 Å². The van der Waals surface area contributed by atoms with E-state index in [1.165, 1.54) is 0 Å². The quantitative estimate of drug-likeness (QED) is 0.910. The summed E-state index contributed by atoms with van der Waals surface area (Å²) >= 11 is 0. The van der Waals surface area contributed by atoms with Crippen molar-refractivity contribution < 1.29 is 13.2 Å². The van der Waals surface area contributed by atoms with Crippen LogP contribution in [0.4, 0.5) is 0 Å². The van der Waals surface area contributed by atoms with Crippen molar-refractivity contribution in [3.8, 4) is 0 Å². The van der Waals surface area contributed by atoms with Crippen LogP contribution in [0.3, 0.4) is 0 Å². The Balaban J connectivity index is 1.78. The fourth-order valence-electron chi connectivity index (χ4n) is 3.02. The normalized spacial score (nSPS) is 23.7. The first-order chi connectivity index (χ1) is 10.3. The number of carbonyl (C=O) groups is 1. The third-order valence-electron chi connectivity index (χ3n) is 4.10. The lowest BCUT2D eigenvalue weighted by atomic mass is 10.0. The van der Waals surface area contributed by atoms with Crippen LogP contribution in [0.2, 0.25) is 0 Å². The maximum Gasteiger partial charge on any atom is 0.226 e. The molecule has 0 saturated carbocycles. The number of hydrogen-bond acceptors (Lipinski definition) is 4. The molecule has 1 aliphatic heterocycles. The highest BCUT2D eigenvalue weighted by atomic mass is 32.2. The predicted octanol–water partition coefficient (Wildman–Crippen LogP) is 0.879. The van der Waals surface area contributed by atoms with E-state index in [4.69, 9.17) is 0 Å². The van der Waals surface area contributed by atoms with Gasteiger partial charge in [0.15, 0.2) is 9.84 Å². The Morgan fingerprint density at radius 2 is 2.23 bits per heavy atom. The summed E-state index contributed by atoms with van der Waals surface area (Å²) < 4.78 is 25.1. The van der Waals surface area contributed by atoms with E-state index in [0.29, 0.717) is 6.42 Å². The summed E-state index contributed by atoms with van der Waals surface area (Å²) in [4.78, 5) is 16.8. The van der Waals surface area contributed by atoms with Gasteiger partial charge in [0.1, 0.15) is 5.65 Å². The molecule has 1 unspecified atom stereocenters. The minimum absolute atomic E-state index is 0.0118. The van der Waals surface area contributed by atoms with Crippen LogP contribution in [0.1, 0.15) is 24.7 Å². The van der Waals surface area contributed by atoms with Crippen molar-refractivity contribution in [2.75, 3.05) is 11.5 Å². The first-order valence-corrected chi connectivity index (χ1v) is 9.04.